The lowest BCUT2D eigenvalue weighted by atomic mass is 10.2. The van der Waals surface area contributed by atoms with Crippen LogP contribution in [0.3, 0.4) is 0 Å². The number of aryl methyl sites for hydroxylation is 1. The molecule has 32 heavy (non-hydrogen) atoms. The monoisotopic (exact) mass is 446 g/mol. The minimum atomic E-state index is -0.480. The van der Waals surface area contributed by atoms with Crippen molar-refractivity contribution < 1.29 is 9.59 Å². The number of carbonyl (C=O) groups is 2. The van der Waals surface area contributed by atoms with Crippen molar-refractivity contribution in [3.63, 3.8) is 0 Å². The molecule has 2 aromatic heterocycles. The Morgan fingerprint density at radius 3 is 2.56 bits per heavy atom. The van der Waals surface area contributed by atoms with Crippen LogP contribution in [0.25, 0.3) is 5.69 Å². The molecule has 0 saturated carbocycles. The van der Waals surface area contributed by atoms with Crippen LogP contribution in [-0.2, 0) is 6.54 Å². The normalized spacial score (nSPS) is 10.6. The molecule has 2 aromatic carbocycles. The lowest BCUT2D eigenvalue weighted by molar-refractivity contribution is 0.0949. The lowest BCUT2D eigenvalue weighted by Crippen LogP contribution is -2.23. The van der Waals surface area contributed by atoms with E-state index in [1.165, 1.54) is 0 Å². The molecule has 2 heterocycles. The number of amides is 2. The van der Waals surface area contributed by atoms with Crippen LogP contribution >= 0.6 is 11.6 Å². The molecule has 0 radical (unpaired) electrons. The topological polar surface area (TPSA) is 102 Å². The van der Waals surface area contributed by atoms with Crippen LogP contribution in [0.4, 0.5) is 5.69 Å². The van der Waals surface area contributed by atoms with E-state index in [0.717, 1.165) is 11.4 Å². The fourth-order valence-corrected chi connectivity index (χ4v) is 3.14. The third-order valence-corrected chi connectivity index (χ3v) is 4.83. The Balaban J connectivity index is 1.44. The Bertz CT molecular complexity index is 1260. The SMILES string of the molecule is Cc1nc(C(=O)Nc2cccc(C(=O)NCc3ccccn3)c2)nn1-c1ccc(Cl)cc1. The standard InChI is InChI=1S/C23H19ClN6O2/c1-15-27-21(29-30(15)20-10-8-17(24)9-11-20)23(32)28-18-7-4-5-16(13-18)22(31)26-14-19-6-2-3-12-25-19/h2-13H,14H2,1H3,(H,26,31)(H,28,32). The molecular formula is C23H19ClN6O2. The summed E-state index contributed by atoms with van der Waals surface area (Å²) in [6.45, 7) is 2.06. The first-order valence-electron chi connectivity index (χ1n) is 9.79. The molecule has 0 spiro atoms. The summed E-state index contributed by atoms with van der Waals surface area (Å²) in [6, 6.07) is 19.2. The van der Waals surface area contributed by atoms with Crippen molar-refractivity contribution in [2.24, 2.45) is 0 Å². The van der Waals surface area contributed by atoms with Crippen LogP contribution in [0, 0.1) is 6.92 Å². The second-order valence-electron chi connectivity index (χ2n) is 6.91. The summed E-state index contributed by atoms with van der Waals surface area (Å²) < 4.78 is 1.56. The molecule has 0 unspecified atom stereocenters. The van der Waals surface area contributed by atoms with Gasteiger partial charge in [-0.1, -0.05) is 23.7 Å². The first kappa shape index (κ1) is 21.2. The predicted octanol–water partition coefficient (Wildman–Crippen LogP) is 3.81. The van der Waals surface area contributed by atoms with Gasteiger partial charge in [0.05, 0.1) is 17.9 Å². The third kappa shape index (κ3) is 4.98. The summed E-state index contributed by atoms with van der Waals surface area (Å²) in [5.74, 6) is -0.179. The second-order valence-corrected chi connectivity index (χ2v) is 7.35. The maximum Gasteiger partial charge on any atom is 0.295 e. The summed E-state index contributed by atoms with van der Waals surface area (Å²) in [6.07, 6.45) is 1.67. The van der Waals surface area contributed by atoms with Gasteiger partial charge in [-0.2, -0.15) is 0 Å². The average molecular weight is 447 g/mol. The van der Waals surface area contributed by atoms with E-state index in [2.05, 4.69) is 25.7 Å². The van der Waals surface area contributed by atoms with E-state index >= 15 is 0 Å². The van der Waals surface area contributed by atoms with Crippen LogP contribution in [0.5, 0.6) is 0 Å². The van der Waals surface area contributed by atoms with Crippen LogP contribution in [0.1, 0.15) is 32.5 Å². The molecule has 2 amide bonds. The number of hydrogen-bond donors (Lipinski definition) is 2. The molecule has 160 valence electrons. The van der Waals surface area contributed by atoms with Gasteiger partial charge < -0.3 is 10.6 Å². The van der Waals surface area contributed by atoms with Crippen molar-refractivity contribution >= 4 is 29.1 Å². The van der Waals surface area contributed by atoms with Gasteiger partial charge in [-0.25, -0.2) is 9.67 Å². The van der Waals surface area contributed by atoms with Crippen molar-refractivity contribution in [2.45, 2.75) is 13.5 Å². The van der Waals surface area contributed by atoms with Crippen molar-refractivity contribution in [2.75, 3.05) is 5.32 Å². The lowest BCUT2D eigenvalue weighted by Gasteiger charge is -2.07. The van der Waals surface area contributed by atoms with E-state index in [1.807, 2.05) is 18.2 Å². The molecule has 9 heteroatoms. The fraction of sp³-hybridized carbons (Fsp3) is 0.0870. The Morgan fingerprint density at radius 1 is 1.00 bits per heavy atom. The highest BCUT2D eigenvalue weighted by molar-refractivity contribution is 6.30. The van der Waals surface area contributed by atoms with Crippen LogP contribution in [0.2, 0.25) is 5.02 Å². The highest BCUT2D eigenvalue weighted by atomic mass is 35.5. The molecule has 0 aliphatic carbocycles. The highest BCUT2D eigenvalue weighted by Gasteiger charge is 2.16. The van der Waals surface area contributed by atoms with E-state index in [1.54, 1.807) is 66.3 Å². The minimum Gasteiger partial charge on any atom is -0.346 e. The number of anilines is 1. The van der Waals surface area contributed by atoms with Crippen molar-refractivity contribution in [3.05, 3.63) is 101 Å². The van der Waals surface area contributed by atoms with Crippen molar-refractivity contribution in [3.8, 4) is 5.69 Å². The summed E-state index contributed by atoms with van der Waals surface area (Å²) >= 11 is 5.93. The number of nitrogens with zero attached hydrogens (tertiary/aromatic N) is 4. The number of pyridine rings is 1. The summed E-state index contributed by atoms with van der Waals surface area (Å²) in [5, 5.41) is 10.4. The Morgan fingerprint density at radius 2 is 1.81 bits per heavy atom. The zero-order chi connectivity index (χ0) is 22.5. The Labute approximate surface area is 189 Å². The van der Waals surface area contributed by atoms with E-state index in [0.29, 0.717) is 28.6 Å². The zero-order valence-corrected chi connectivity index (χ0v) is 17.9. The number of nitrogens with one attached hydrogen (secondary N) is 2. The molecule has 0 saturated heterocycles. The van der Waals surface area contributed by atoms with Crippen LogP contribution in [0.15, 0.2) is 72.9 Å². The molecule has 0 aliphatic heterocycles. The number of halogens is 1. The molecule has 4 rings (SSSR count). The van der Waals surface area contributed by atoms with Crippen LogP contribution in [-0.4, -0.2) is 31.6 Å². The number of carbonyl (C=O) groups excluding carboxylic acids is 2. The van der Waals surface area contributed by atoms with Gasteiger partial charge in [-0.05, 0) is 61.5 Å². The molecule has 0 atom stereocenters. The summed E-state index contributed by atoms with van der Waals surface area (Å²) in [7, 11) is 0. The molecule has 0 bridgehead atoms. The van der Waals surface area contributed by atoms with Crippen LogP contribution < -0.4 is 10.6 Å². The van der Waals surface area contributed by atoms with Crippen molar-refractivity contribution in [1.82, 2.24) is 25.1 Å². The van der Waals surface area contributed by atoms with E-state index < -0.39 is 5.91 Å². The number of benzene rings is 2. The molecular weight excluding hydrogens is 428 g/mol. The van der Waals surface area contributed by atoms with Crippen molar-refractivity contribution in [1.29, 1.82) is 0 Å². The van der Waals surface area contributed by atoms with E-state index in [-0.39, 0.29) is 11.7 Å². The molecule has 4 aromatic rings. The molecule has 0 fully saturated rings. The third-order valence-electron chi connectivity index (χ3n) is 4.58. The largest absolute Gasteiger partial charge is 0.346 e. The predicted molar refractivity (Wildman–Crippen MR) is 121 cm³/mol. The summed E-state index contributed by atoms with van der Waals surface area (Å²) in [4.78, 5) is 33.6. The highest BCUT2D eigenvalue weighted by Crippen LogP contribution is 2.16. The van der Waals surface area contributed by atoms with Gasteiger partial charge in [0.2, 0.25) is 5.82 Å². The quantitative estimate of drug-likeness (QED) is 0.469. The number of aromatic nitrogens is 4. The summed E-state index contributed by atoms with van der Waals surface area (Å²) in [5.41, 5.74) is 2.36. The number of rotatable bonds is 6. The average Bonchev–Trinajstić information content (AvgIpc) is 3.20. The Kier molecular flexibility index (Phi) is 6.23. The molecule has 2 N–H and O–H groups in total. The second kappa shape index (κ2) is 9.40. The van der Waals surface area contributed by atoms with Gasteiger partial charge in [0.25, 0.3) is 11.8 Å². The first-order valence-corrected chi connectivity index (χ1v) is 10.2. The first-order chi connectivity index (χ1) is 15.5. The maximum atomic E-state index is 12.7. The molecule has 8 nitrogen and oxygen atoms in total. The smallest absolute Gasteiger partial charge is 0.295 e. The minimum absolute atomic E-state index is 0.0162. The van der Waals surface area contributed by atoms with E-state index in [4.69, 9.17) is 11.6 Å². The Hall–Kier alpha value is -4.04. The van der Waals surface area contributed by atoms with Gasteiger partial charge in [-0.15, -0.1) is 5.10 Å². The van der Waals surface area contributed by atoms with Gasteiger partial charge in [0.15, 0.2) is 0 Å². The zero-order valence-electron chi connectivity index (χ0n) is 17.1. The molecule has 0 aliphatic rings. The van der Waals surface area contributed by atoms with Gasteiger partial charge in [0, 0.05) is 22.5 Å². The van der Waals surface area contributed by atoms with Gasteiger partial charge in [-0.3, -0.25) is 14.6 Å². The number of hydrogen-bond acceptors (Lipinski definition) is 5. The van der Waals surface area contributed by atoms with Gasteiger partial charge in [0.1, 0.15) is 5.82 Å². The van der Waals surface area contributed by atoms with Gasteiger partial charge >= 0.3 is 0 Å². The van der Waals surface area contributed by atoms with E-state index in [9.17, 15) is 9.59 Å². The maximum absolute atomic E-state index is 12.7. The fourth-order valence-electron chi connectivity index (χ4n) is 3.01.